The lowest BCUT2D eigenvalue weighted by atomic mass is 10.1. The molecule has 5 atom stereocenters. The Bertz CT molecular complexity index is 920. The summed E-state index contributed by atoms with van der Waals surface area (Å²) >= 11 is 0. The summed E-state index contributed by atoms with van der Waals surface area (Å²) in [5.41, 5.74) is 2.56. The molecule has 1 fully saturated rings. The van der Waals surface area contributed by atoms with Crippen molar-refractivity contribution >= 4 is 24.8 Å². The SMILES string of the molecule is O=P12ONc3nc(O[C@H]4[C@H](O)[C@H](O)CO[C@@H]4O)nc4nc(n(c34)O1)O2. The molecule has 0 spiro atoms. The van der Waals surface area contributed by atoms with Gasteiger partial charge in [-0.2, -0.15) is 15.0 Å². The number of ether oxygens (including phenoxy) is 2. The predicted molar refractivity (Wildman–Crippen MR) is 73.2 cm³/mol. The second-order valence-corrected chi connectivity index (χ2v) is 6.82. The Morgan fingerprint density at radius 2 is 2.12 bits per heavy atom. The molecule has 0 aromatic carbocycles. The molecule has 2 aromatic rings. The van der Waals surface area contributed by atoms with Crippen molar-refractivity contribution in [1.29, 1.82) is 0 Å². The molecule has 14 nitrogen and oxygen atoms in total. The Morgan fingerprint density at radius 3 is 2.96 bits per heavy atom. The highest BCUT2D eigenvalue weighted by molar-refractivity contribution is 7.49. The molecule has 0 aliphatic carbocycles. The minimum Gasteiger partial charge on any atom is -0.452 e. The van der Waals surface area contributed by atoms with Gasteiger partial charge in [-0.05, 0) is 0 Å². The fourth-order valence-electron chi connectivity index (χ4n) is 2.56. The lowest BCUT2D eigenvalue weighted by Gasteiger charge is -2.34. The average Bonchev–Trinajstić information content (AvgIpc) is 3.01. The molecule has 0 amide bonds. The smallest absolute Gasteiger partial charge is 0.452 e. The molecular weight excluding hydrogens is 365 g/mol. The van der Waals surface area contributed by atoms with Crippen LogP contribution in [0.1, 0.15) is 0 Å². The monoisotopic (exact) mass is 375 g/mol. The van der Waals surface area contributed by atoms with Crippen LogP contribution in [0.2, 0.25) is 0 Å². The van der Waals surface area contributed by atoms with E-state index >= 15 is 0 Å². The zero-order valence-electron chi connectivity index (χ0n) is 12.0. The molecule has 2 bridgehead atoms. The van der Waals surface area contributed by atoms with E-state index in [0.29, 0.717) is 0 Å². The van der Waals surface area contributed by atoms with Crippen LogP contribution < -0.4 is 19.4 Å². The van der Waals surface area contributed by atoms with Gasteiger partial charge in [-0.1, -0.05) is 0 Å². The number of hydrogen-bond acceptors (Lipinski definition) is 13. The van der Waals surface area contributed by atoms with E-state index in [1.54, 1.807) is 0 Å². The molecule has 1 unspecified atom stereocenters. The minimum absolute atomic E-state index is 0.0148. The van der Waals surface area contributed by atoms with Crippen molar-refractivity contribution in [2.75, 3.05) is 12.1 Å². The van der Waals surface area contributed by atoms with E-state index in [4.69, 9.17) is 23.2 Å². The topological polar surface area (TPSA) is 180 Å². The molecule has 3 aliphatic rings. The van der Waals surface area contributed by atoms with Crippen LogP contribution in [0.25, 0.3) is 11.2 Å². The maximum Gasteiger partial charge on any atom is 0.632 e. The number of aromatic nitrogens is 4. The van der Waals surface area contributed by atoms with Crippen molar-refractivity contribution in [3.63, 3.8) is 0 Å². The van der Waals surface area contributed by atoms with Crippen LogP contribution in [0.15, 0.2) is 0 Å². The Morgan fingerprint density at radius 1 is 1.28 bits per heavy atom. The highest BCUT2D eigenvalue weighted by Gasteiger charge is 2.47. The zero-order chi connectivity index (χ0) is 17.3. The highest BCUT2D eigenvalue weighted by atomic mass is 31.2. The van der Waals surface area contributed by atoms with Gasteiger partial charge in [0.1, 0.15) is 12.2 Å². The summed E-state index contributed by atoms with van der Waals surface area (Å²) in [6.07, 6.45) is -5.52. The predicted octanol–water partition coefficient (Wildman–Crippen LogP) is -2.07. The summed E-state index contributed by atoms with van der Waals surface area (Å²) in [7, 11) is -3.89. The number of nitrogens with one attached hydrogen (secondary N) is 1. The molecule has 134 valence electrons. The van der Waals surface area contributed by atoms with E-state index in [0.717, 1.165) is 4.73 Å². The molecular formula is C10H10N5O9P. The summed E-state index contributed by atoms with van der Waals surface area (Å²) in [6, 6.07) is -0.446. The molecule has 0 radical (unpaired) electrons. The van der Waals surface area contributed by atoms with Gasteiger partial charge in [0.15, 0.2) is 29.4 Å². The van der Waals surface area contributed by atoms with Crippen LogP contribution in [-0.4, -0.2) is 66.2 Å². The van der Waals surface area contributed by atoms with Crippen LogP contribution in [0, 0.1) is 0 Å². The van der Waals surface area contributed by atoms with E-state index in [1.807, 2.05) is 0 Å². The number of rotatable bonds is 2. The minimum atomic E-state index is -3.89. The van der Waals surface area contributed by atoms with Crippen molar-refractivity contribution in [1.82, 2.24) is 19.7 Å². The van der Waals surface area contributed by atoms with Crippen molar-refractivity contribution in [2.24, 2.45) is 0 Å². The Labute approximate surface area is 137 Å². The first-order chi connectivity index (χ1) is 11.9. The third kappa shape index (κ3) is 2.16. The summed E-state index contributed by atoms with van der Waals surface area (Å²) in [6.45, 7) is -0.250. The van der Waals surface area contributed by atoms with E-state index in [9.17, 15) is 19.9 Å². The normalized spacial score (nSPS) is 35.8. The molecule has 3 aliphatic heterocycles. The van der Waals surface area contributed by atoms with Crippen molar-refractivity contribution in [3.8, 4) is 12.0 Å². The second kappa shape index (κ2) is 4.91. The number of aliphatic hydroxyl groups excluding tert-OH is 3. The van der Waals surface area contributed by atoms with Gasteiger partial charge in [0.2, 0.25) is 0 Å². The number of imidazole rings is 1. The molecule has 5 rings (SSSR count). The summed E-state index contributed by atoms with van der Waals surface area (Å²) in [5, 5.41) is 29.4. The van der Waals surface area contributed by atoms with Crippen molar-refractivity contribution < 1.29 is 43.1 Å². The van der Waals surface area contributed by atoms with Gasteiger partial charge in [-0.15, -0.1) is 9.35 Å². The molecule has 1 saturated heterocycles. The molecule has 25 heavy (non-hydrogen) atoms. The summed E-state index contributed by atoms with van der Waals surface area (Å²) < 4.78 is 38.2. The summed E-state index contributed by atoms with van der Waals surface area (Å²) in [4.78, 5) is 12.0. The molecule has 5 heterocycles. The van der Waals surface area contributed by atoms with Crippen molar-refractivity contribution in [2.45, 2.75) is 24.6 Å². The highest BCUT2D eigenvalue weighted by Crippen LogP contribution is 2.54. The third-order valence-electron chi connectivity index (χ3n) is 3.74. The quantitative estimate of drug-likeness (QED) is 0.421. The van der Waals surface area contributed by atoms with Gasteiger partial charge in [0.25, 0.3) is 0 Å². The number of hydrogen-bond donors (Lipinski definition) is 4. The Balaban J connectivity index is 1.54. The van der Waals surface area contributed by atoms with Gasteiger partial charge >= 0.3 is 19.8 Å². The number of anilines is 1. The van der Waals surface area contributed by atoms with Crippen LogP contribution in [-0.2, 0) is 13.9 Å². The number of fused-ring (bicyclic) bond motifs is 1. The average molecular weight is 375 g/mol. The van der Waals surface area contributed by atoms with E-state index in [2.05, 4.69) is 20.4 Å². The first kappa shape index (κ1) is 15.1. The molecule has 2 aromatic heterocycles. The van der Waals surface area contributed by atoms with Gasteiger partial charge in [0, 0.05) is 0 Å². The Hall–Kier alpha value is -2.22. The van der Waals surface area contributed by atoms with E-state index < -0.39 is 32.4 Å². The molecule has 4 N–H and O–H groups in total. The number of phosphoric acid groups is 1. The van der Waals surface area contributed by atoms with Gasteiger partial charge in [0.05, 0.1) is 6.61 Å². The zero-order valence-corrected chi connectivity index (χ0v) is 12.9. The van der Waals surface area contributed by atoms with Crippen LogP contribution >= 0.6 is 7.82 Å². The lowest BCUT2D eigenvalue weighted by molar-refractivity contribution is -0.246. The fourth-order valence-corrected chi connectivity index (χ4v) is 3.52. The van der Waals surface area contributed by atoms with Gasteiger partial charge in [-0.3, -0.25) is 4.62 Å². The third-order valence-corrected chi connectivity index (χ3v) is 4.81. The first-order valence-electron chi connectivity index (χ1n) is 7.01. The standard InChI is InChI=1S/C10H10N5O9P/c16-2-1-20-8(18)5(4(2)17)21-9-11-6-3-7(12-9)14-23-25(19)22-10(13-6)15(3)24-25/h2,4-5,8,16-18H,1H2,(H,11,12,14)/t2-,4-,5+,8+,25?/m1/s1. The summed E-state index contributed by atoms with van der Waals surface area (Å²) in [5.74, 6) is 0.0148. The first-order valence-corrected chi connectivity index (χ1v) is 8.47. The molecule has 0 saturated carbocycles. The number of nitrogens with zero attached hydrogens (tertiary/aromatic N) is 4. The number of aliphatic hydroxyl groups is 3. The largest absolute Gasteiger partial charge is 0.632 e. The van der Waals surface area contributed by atoms with E-state index in [1.165, 1.54) is 0 Å². The van der Waals surface area contributed by atoms with Gasteiger partial charge < -0.3 is 29.3 Å². The maximum absolute atomic E-state index is 12.1. The van der Waals surface area contributed by atoms with Gasteiger partial charge in [-0.25, -0.2) is 10.0 Å². The van der Waals surface area contributed by atoms with Crippen LogP contribution in [0.5, 0.6) is 12.0 Å². The lowest BCUT2D eigenvalue weighted by Crippen LogP contribution is -2.55. The molecule has 15 heteroatoms. The van der Waals surface area contributed by atoms with Crippen LogP contribution in [0.4, 0.5) is 5.82 Å². The fraction of sp³-hybridized carbons (Fsp3) is 0.500. The second-order valence-electron chi connectivity index (χ2n) is 5.39. The maximum atomic E-state index is 12.1. The van der Waals surface area contributed by atoms with Crippen LogP contribution in [0.3, 0.4) is 0 Å². The van der Waals surface area contributed by atoms with E-state index in [-0.39, 0.29) is 35.6 Å². The Kier molecular flexibility index (Phi) is 2.96. The van der Waals surface area contributed by atoms with Crippen molar-refractivity contribution in [3.05, 3.63) is 0 Å².